The summed E-state index contributed by atoms with van der Waals surface area (Å²) in [4.78, 5) is 0. The van der Waals surface area contributed by atoms with Crippen molar-refractivity contribution in [2.75, 3.05) is 5.32 Å². The van der Waals surface area contributed by atoms with Gasteiger partial charge in [-0.3, -0.25) is 0 Å². The summed E-state index contributed by atoms with van der Waals surface area (Å²) in [6.07, 6.45) is 1.68. The highest BCUT2D eigenvalue weighted by atomic mass is 14.8. The largest absolute Gasteiger partial charge is 0.362 e. The zero-order valence-electron chi connectivity index (χ0n) is 8.22. The molecule has 0 bridgehead atoms. The SMILES string of the molecule is C=CNc1cccc(C)c1C(=C)C. The van der Waals surface area contributed by atoms with E-state index < -0.39 is 0 Å². The highest BCUT2D eigenvalue weighted by molar-refractivity contribution is 5.76. The summed E-state index contributed by atoms with van der Waals surface area (Å²) >= 11 is 0. The molecule has 68 valence electrons. The molecule has 1 heteroatoms. The number of benzene rings is 1. The van der Waals surface area contributed by atoms with Crippen molar-refractivity contribution in [1.29, 1.82) is 0 Å². The molecule has 1 aromatic rings. The van der Waals surface area contributed by atoms with Crippen LogP contribution in [-0.2, 0) is 0 Å². The summed E-state index contributed by atoms with van der Waals surface area (Å²) in [5.74, 6) is 0. The first-order valence-corrected chi connectivity index (χ1v) is 4.29. The van der Waals surface area contributed by atoms with Gasteiger partial charge in [-0.05, 0) is 37.3 Å². The van der Waals surface area contributed by atoms with Crippen molar-refractivity contribution in [3.8, 4) is 0 Å². The third-order valence-corrected chi connectivity index (χ3v) is 1.96. The van der Waals surface area contributed by atoms with E-state index in [1.165, 1.54) is 11.1 Å². The number of anilines is 1. The highest BCUT2D eigenvalue weighted by Crippen LogP contribution is 2.25. The van der Waals surface area contributed by atoms with E-state index >= 15 is 0 Å². The van der Waals surface area contributed by atoms with Gasteiger partial charge in [-0.15, -0.1) is 0 Å². The molecule has 0 aromatic heterocycles. The Morgan fingerprint density at radius 2 is 2.15 bits per heavy atom. The molecule has 0 aliphatic heterocycles. The Labute approximate surface area is 79.8 Å². The van der Waals surface area contributed by atoms with Crippen LogP contribution in [0, 0.1) is 6.92 Å². The van der Waals surface area contributed by atoms with Crippen LogP contribution >= 0.6 is 0 Å². The minimum Gasteiger partial charge on any atom is -0.362 e. The number of rotatable bonds is 3. The van der Waals surface area contributed by atoms with Crippen LogP contribution in [0.1, 0.15) is 18.1 Å². The van der Waals surface area contributed by atoms with Gasteiger partial charge in [0.05, 0.1) is 0 Å². The molecule has 0 atom stereocenters. The second kappa shape index (κ2) is 3.94. The van der Waals surface area contributed by atoms with Gasteiger partial charge in [-0.2, -0.15) is 0 Å². The van der Waals surface area contributed by atoms with Gasteiger partial charge in [0, 0.05) is 11.3 Å². The highest BCUT2D eigenvalue weighted by Gasteiger charge is 2.03. The second-order valence-corrected chi connectivity index (χ2v) is 3.13. The summed E-state index contributed by atoms with van der Waals surface area (Å²) in [5.41, 5.74) is 4.56. The maximum absolute atomic E-state index is 3.95. The molecular weight excluding hydrogens is 158 g/mol. The molecule has 1 rings (SSSR count). The zero-order chi connectivity index (χ0) is 9.84. The number of hydrogen-bond acceptors (Lipinski definition) is 1. The Bertz CT molecular complexity index is 337. The van der Waals surface area contributed by atoms with Crippen LogP contribution in [0.3, 0.4) is 0 Å². The van der Waals surface area contributed by atoms with E-state index in [-0.39, 0.29) is 0 Å². The Morgan fingerprint density at radius 3 is 2.69 bits per heavy atom. The van der Waals surface area contributed by atoms with Crippen LogP contribution in [0.2, 0.25) is 0 Å². The quantitative estimate of drug-likeness (QED) is 0.736. The van der Waals surface area contributed by atoms with Gasteiger partial charge in [0.25, 0.3) is 0 Å². The van der Waals surface area contributed by atoms with Crippen LogP contribution in [-0.4, -0.2) is 0 Å². The average Bonchev–Trinajstić information content (AvgIpc) is 2.04. The first-order valence-electron chi connectivity index (χ1n) is 4.29. The third kappa shape index (κ3) is 2.00. The van der Waals surface area contributed by atoms with Crippen molar-refractivity contribution in [1.82, 2.24) is 0 Å². The van der Waals surface area contributed by atoms with E-state index in [4.69, 9.17) is 0 Å². The van der Waals surface area contributed by atoms with Crippen LogP contribution in [0.25, 0.3) is 5.57 Å². The van der Waals surface area contributed by atoms with E-state index in [1.54, 1.807) is 6.20 Å². The van der Waals surface area contributed by atoms with Crippen molar-refractivity contribution in [3.63, 3.8) is 0 Å². The van der Waals surface area contributed by atoms with Crippen LogP contribution < -0.4 is 5.32 Å². The van der Waals surface area contributed by atoms with Gasteiger partial charge in [-0.1, -0.05) is 25.3 Å². The van der Waals surface area contributed by atoms with Crippen LogP contribution in [0.4, 0.5) is 5.69 Å². The molecule has 1 N–H and O–H groups in total. The summed E-state index contributed by atoms with van der Waals surface area (Å²) < 4.78 is 0. The Kier molecular flexibility index (Phi) is 2.91. The Balaban J connectivity index is 3.25. The number of aryl methyl sites for hydroxylation is 1. The van der Waals surface area contributed by atoms with E-state index in [0.29, 0.717) is 0 Å². The maximum atomic E-state index is 3.95. The predicted octanol–water partition coefficient (Wildman–Crippen LogP) is 3.58. The van der Waals surface area contributed by atoms with Crippen LogP contribution in [0.15, 0.2) is 37.6 Å². The normalized spacial score (nSPS) is 9.38. The zero-order valence-corrected chi connectivity index (χ0v) is 8.22. The first-order chi connectivity index (χ1) is 6.16. The van der Waals surface area contributed by atoms with Crippen molar-refractivity contribution in [2.45, 2.75) is 13.8 Å². The fraction of sp³-hybridized carbons (Fsp3) is 0.167. The molecule has 1 nitrogen and oxygen atoms in total. The van der Waals surface area contributed by atoms with E-state index in [9.17, 15) is 0 Å². The molecule has 0 fully saturated rings. The lowest BCUT2D eigenvalue weighted by molar-refractivity contribution is 1.40. The monoisotopic (exact) mass is 173 g/mol. The lowest BCUT2D eigenvalue weighted by Gasteiger charge is -2.11. The summed E-state index contributed by atoms with van der Waals surface area (Å²) in [7, 11) is 0. The van der Waals surface area contributed by atoms with Crippen molar-refractivity contribution in [2.24, 2.45) is 0 Å². The second-order valence-electron chi connectivity index (χ2n) is 3.13. The molecule has 1 aromatic carbocycles. The molecule has 0 heterocycles. The topological polar surface area (TPSA) is 12.0 Å². The number of nitrogens with one attached hydrogen (secondary N) is 1. The minimum atomic E-state index is 1.07. The van der Waals surface area contributed by atoms with Gasteiger partial charge in [-0.25, -0.2) is 0 Å². The molecular formula is C12H15N. The molecule has 0 amide bonds. The van der Waals surface area contributed by atoms with Crippen molar-refractivity contribution in [3.05, 3.63) is 48.7 Å². The van der Waals surface area contributed by atoms with Crippen molar-refractivity contribution >= 4 is 11.3 Å². The minimum absolute atomic E-state index is 1.07. The molecule has 0 unspecified atom stereocenters. The molecule has 0 aliphatic carbocycles. The molecule has 13 heavy (non-hydrogen) atoms. The van der Waals surface area contributed by atoms with Gasteiger partial charge >= 0.3 is 0 Å². The first kappa shape index (κ1) is 9.59. The standard InChI is InChI=1S/C12H15N/c1-5-13-11-8-6-7-10(4)12(11)9(2)3/h5-8,13H,1-2H2,3-4H3. The average molecular weight is 173 g/mol. The van der Waals surface area contributed by atoms with Crippen LogP contribution in [0.5, 0.6) is 0 Å². The Morgan fingerprint density at radius 1 is 1.46 bits per heavy atom. The van der Waals surface area contributed by atoms with Crippen molar-refractivity contribution < 1.29 is 0 Å². The smallest absolute Gasteiger partial charge is 0.0458 e. The maximum Gasteiger partial charge on any atom is 0.0458 e. The molecule has 0 saturated carbocycles. The molecule has 0 saturated heterocycles. The fourth-order valence-electron chi connectivity index (χ4n) is 1.46. The Hall–Kier alpha value is -1.50. The molecule has 0 aliphatic rings. The van der Waals surface area contributed by atoms with E-state index in [1.807, 2.05) is 19.1 Å². The lowest BCUT2D eigenvalue weighted by atomic mass is 10.0. The molecule has 0 spiro atoms. The number of allylic oxidation sites excluding steroid dienone is 1. The summed E-state index contributed by atoms with van der Waals surface area (Å²) in [5, 5.41) is 3.10. The van der Waals surface area contributed by atoms with E-state index in [0.717, 1.165) is 11.3 Å². The fourth-order valence-corrected chi connectivity index (χ4v) is 1.46. The summed E-state index contributed by atoms with van der Waals surface area (Å²) in [6.45, 7) is 11.7. The lowest BCUT2D eigenvalue weighted by Crippen LogP contribution is -1.94. The van der Waals surface area contributed by atoms with Gasteiger partial charge in [0.15, 0.2) is 0 Å². The van der Waals surface area contributed by atoms with Gasteiger partial charge in [0.2, 0.25) is 0 Å². The third-order valence-electron chi connectivity index (χ3n) is 1.96. The van der Waals surface area contributed by atoms with E-state index in [2.05, 4.69) is 31.5 Å². The summed E-state index contributed by atoms with van der Waals surface area (Å²) in [6, 6.07) is 6.13. The predicted molar refractivity (Wildman–Crippen MR) is 59.7 cm³/mol. The van der Waals surface area contributed by atoms with Gasteiger partial charge in [0.1, 0.15) is 0 Å². The van der Waals surface area contributed by atoms with Gasteiger partial charge < -0.3 is 5.32 Å². The molecule has 0 radical (unpaired) electrons. The number of hydrogen-bond donors (Lipinski definition) is 1.